The number of ketones is 1. The van der Waals surface area contributed by atoms with E-state index in [-0.39, 0.29) is 5.78 Å². The maximum atomic E-state index is 11.4. The molecule has 1 aliphatic rings. The second kappa shape index (κ2) is 3.57. The van der Waals surface area contributed by atoms with Crippen LogP contribution in [0.3, 0.4) is 0 Å². The monoisotopic (exact) mass is 174 g/mol. The fraction of sp³-hybridized carbons (Fsp3) is 0.889. The van der Waals surface area contributed by atoms with Gasteiger partial charge in [-0.3, -0.25) is 4.79 Å². The highest BCUT2D eigenvalue weighted by atomic mass is 35.5. The number of halogens is 1. The Morgan fingerprint density at radius 2 is 1.91 bits per heavy atom. The Hall–Kier alpha value is -0.0400. The van der Waals surface area contributed by atoms with Gasteiger partial charge in [0, 0.05) is 6.42 Å². The summed E-state index contributed by atoms with van der Waals surface area (Å²) in [6.07, 6.45) is 5.85. The van der Waals surface area contributed by atoms with Gasteiger partial charge in [-0.2, -0.15) is 0 Å². The molecule has 64 valence electrons. The van der Waals surface area contributed by atoms with Crippen molar-refractivity contribution < 1.29 is 4.79 Å². The Balaban J connectivity index is 2.56. The summed E-state index contributed by atoms with van der Waals surface area (Å²) in [7, 11) is 0. The number of carbonyl (C=O) groups excluding carboxylic acids is 1. The average Bonchev–Trinajstić information content (AvgIpc) is 2.04. The topological polar surface area (TPSA) is 17.1 Å². The van der Waals surface area contributed by atoms with E-state index >= 15 is 0 Å². The molecule has 1 saturated carbocycles. The molecule has 0 aromatic rings. The van der Waals surface area contributed by atoms with Crippen LogP contribution in [0, 0.1) is 0 Å². The van der Waals surface area contributed by atoms with Crippen molar-refractivity contribution in [1.29, 1.82) is 0 Å². The zero-order chi connectivity index (χ0) is 8.32. The van der Waals surface area contributed by atoms with Crippen LogP contribution in [-0.4, -0.2) is 10.7 Å². The van der Waals surface area contributed by atoms with Gasteiger partial charge in [-0.1, -0.05) is 26.2 Å². The first-order chi connectivity index (χ1) is 5.19. The summed E-state index contributed by atoms with van der Waals surface area (Å²) in [6, 6.07) is 0. The van der Waals surface area contributed by atoms with Crippen LogP contribution in [0.1, 0.15) is 45.4 Å². The Labute approximate surface area is 73.1 Å². The third kappa shape index (κ3) is 1.96. The zero-order valence-corrected chi connectivity index (χ0v) is 7.78. The molecule has 0 spiro atoms. The number of carbonyl (C=O) groups is 1. The van der Waals surface area contributed by atoms with Crippen molar-refractivity contribution in [1.82, 2.24) is 0 Å². The van der Waals surface area contributed by atoms with Gasteiger partial charge < -0.3 is 0 Å². The van der Waals surface area contributed by atoms with Gasteiger partial charge in [0.05, 0.1) is 0 Å². The van der Waals surface area contributed by atoms with Crippen molar-refractivity contribution in [2.45, 2.75) is 50.3 Å². The normalized spacial score (nSPS) is 23.1. The Kier molecular flexibility index (Phi) is 2.94. The van der Waals surface area contributed by atoms with Gasteiger partial charge in [-0.15, -0.1) is 11.6 Å². The quantitative estimate of drug-likeness (QED) is 0.589. The molecular weight excluding hydrogens is 160 g/mol. The smallest absolute Gasteiger partial charge is 0.153 e. The fourth-order valence-electron chi connectivity index (χ4n) is 1.71. The summed E-state index contributed by atoms with van der Waals surface area (Å²) < 4.78 is 0. The largest absolute Gasteiger partial charge is 0.298 e. The predicted molar refractivity (Wildman–Crippen MR) is 47.0 cm³/mol. The lowest BCUT2D eigenvalue weighted by Crippen LogP contribution is -2.34. The highest BCUT2D eigenvalue weighted by molar-refractivity contribution is 6.35. The number of alkyl halides is 1. The molecule has 2 heteroatoms. The van der Waals surface area contributed by atoms with Gasteiger partial charge in [0.25, 0.3) is 0 Å². The molecule has 1 nitrogen and oxygen atoms in total. The molecule has 0 aromatic carbocycles. The van der Waals surface area contributed by atoms with E-state index in [0.29, 0.717) is 6.42 Å². The molecule has 0 atom stereocenters. The maximum Gasteiger partial charge on any atom is 0.153 e. The summed E-state index contributed by atoms with van der Waals surface area (Å²) in [4.78, 5) is 10.9. The van der Waals surface area contributed by atoms with E-state index in [2.05, 4.69) is 0 Å². The lowest BCUT2D eigenvalue weighted by atomic mass is 9.84. The van der Waals surface area contributed by atoms with Crippen molar-refractivity contribution in [2.24, 2.45) is 0 Å². The average molecular weight is 175 g/mol. The fourth-order valence-corrected chi connectivity index (χ4v) is 2.11. The number of hydrogen-bond acceptors (Lipinski definition) is 1. The van der Waals surface area contributed by atoms with Crippen LogP contribution in [0.25, 0.3) is 0 Å². The summed E-state index contributed by atoms with van der Waals surface area (Å²) >= 11 is 6.18. The molecule has 0 N–H and O–H groups in total. The van der Waals surface area contributed by atoms with Crippen LogP contribution in [-0.2, 0) is 4.79 Å². The minimum atomic E-state index is -0.479. The summed E-state index contributed by atoms with van der Waals surface area (Å²) in [5.74, 6) is 0.235. The zero-order valence-electron chi connectivity index (χ0n) is 7.03. The molecular formula is C9H15ClO. The van der Waals surface area contributed by atoms with Crippen molar-refractivity contribution in [3.05, 3.63) is 0 Å². The maximum absolute atomic E-state index is 11.4. The third-order valence-electron chi connectivity index (χ3n) is 2.47. The summed E-state index contributed by atoms with van der Waals surface area (Å²) in [5.41, 5.74) is 0. The van der Waals surface area contributed by atoms with Gasteiger partial charge in [-0.25, -0.2) is 0 Å². The van der Waals surface area contributed by atoms with E-state index in [9.17, 15) is 4.79 Å². The minimum absolute atomic E-state index is 0.235. The number of Topliss-reactive ketones (excluding diaryl/α,β-unsaturated/α-hetero) is 1. The van der Waals surface area contributed by atoms with Crippen molar-refractivity contribution in [3.63, 3.8) is 0 Å². The standard InChI is InChI=1S/C9H15ClO/c1-2-8(11)9(10)6-4-3-5-7-9/h2-7H2,1H3. The minimum Gasteiger partial charge on any atom is -0.298 e. The van der Waals surface area contributed by atoms with Gasteiger partial charge in [0.2, 0.25) is 0 Å². The summed E-state index contributed by atoms with van der Waals surface area (Å²) in [5, 5.41) is 0. The first-order valence-electron chi connectivity index (χ1n) is 4.41. The van der Waals surface area contributed by atoms with Crippen molar-refractivity contribution >= 4 is 17.4 Å². The molecule has 1 fully saturated rings. The first kappa shape index (κ1) is 9.05. The van der Waals surface area contributed by atoms with Crippen LogP contribution in [0.4, 0.5) is 0 Å². The molecule has 0 aliphatic heterocycles. The van der Waals surface area contributed by atoms with E-state index < -0.39 is 4.87 Å². The molecule has 0 heterocycles. The van der Waals surface area contributed by atoms with E-state index in [1.54, 1.807) is 0 Å². The highest BCUT2D eigenvalue weighted by Crippen LogP contribution is 2.35. The van der Waals surface area contributed by atoms with Crippen LogP contribution in [0.2, 0.25) is 0 Å². The van der Waals surface area contributed by atoms with Crippen LogP contribution < -0.4 is 0 Å². The molecule has 0 aromatic heterocycles. The van der Waals surface area contributed by atoms with Gasteiger partial charge in [0.1, 0.15) is 4.87 Å². The highest BCUT2D eigenvalue weighted by Gasteiger charge is 2.35. The second-order valence-electron chi connectivity index (χ2n) is 3.30. The van der Waals surface area contributed by atoms with E-state index in [1.807, 2.05) is 6.92 Å². The Morgan fingerprint density at radius 1 is 1.36 bits per heavy atom. The van der Waals surface area contributed by atoms with Gasteiger partial charge >= 0.3 is 0 Å². The summed E-state index contributed by atoms with van der Waals surface area (Å²) in [6.45, 7) is 1.89. The molecule has 1 aliphatic carbocycles. The van der Waals surface area contributed by atoms with Gasteiger partial charge in [-0.05, 0) is 12.8 Å². The molecule has 0 unspecified atom stereocenters. The van der Waals surface area contributed by atoms with Crippen LogP contribution in [0.15, 0.2) is 0 Å². The molecule has 11 heavy (non-hydrogen) atoms. The Bertz CT molecular complexity index is 148. The predicted octanol–water partition coefficient (Wildman–Crippen LogP) is 2.91. The second-order valence-corrected chi connectivity index (χ2v) is 4.03. The van der Waals surface area contributed by atoms with Crippen LogP contribution >= 0.6 is 11.6 Å². The SMILES string of the molecule is CCC(=O)C1(Cl)CCCCC1. The molecule has 1 rings (SSSR count). The number of hydrogen-bond donors (Lipinski definition) is 0. The first-order valence-corrected chi connectivity index (χ1v) is 4.79. The number of rotatable bonds is 2. The van der Waals surface area contributed by atoms with Gasteiger partial charge in [0.15, 0.2) is 5.78 Å². The Morgan fingerprint density at radius 3 is 2.36 bits per heavy atom. The molecule has 0 saturated heterocycles. The molecule has 0 amide bonds. The lowest BCUT2D eigenvalue weighted by Gasteiger charge is -2.29. The van der Waals surface area contributed by atoms with E-state index in [4.69, 9.17) is 11.6 Å². The van der Waals surface area contributed by atoms with Crippen LogP contribution in [0.5, 0.6) is 0 Å². The molecule has 0 radical (unpaired) electrons. The van der Waals surface area contributed by atoms with Crippen molar-refractivity contribution in [2.75, 3.05) is 0 Å². The van der Waals surface area contributed by atoms with E-state index in [1.165, 1.54) is 6.42 Å². The van der Waals surface area contributed by atoms with E-state index in [0.717, 1.165) is 25.7 Å². The molecule has 0 bridgehead atoms. The lowest BCUT2D eigenvalue weighted by molar-refractivity contribution is -0.122. The van der Waals surface area contributed by atoms with Crippen molar-refractivity contribution in [3.8, 4) is 0 Å². The third-order valence-corrected chi connectivity index (χ3v) is 3.06.